The fraction of sp³-hybridized carbons (Fsp3) is 0.769. The molecule has 1 saturated carbocycles. The summed E-state index contributed by atoms with van der Waals surface area (Å²) in [6.45, 7) is 4.26. The van der Waals surface area contributed by atoms with Gasteiger partial charge >= 0.3 is 0 Å². The van der Waals surface area contributed by atoms with Gasteiger partial charge in [-0.3, -0.25) is 9.59 Å². The lowest BCUT2D eigenvalue weighted by Gasteiger charge is -2.27. The van der Waals surface area contributed by atoms with E-state index >= 15 is 0 Å². The molecule has 0 bridgehead atoms. The van der Waals surface area contributed by atoms with Crippen molar-refractivity contribution in [3.8, 4) is 0 Å². The molecule has 2 amide bonds. The van der Waals surface area contributed by atoms with Gasteiger partial charge in [0.1, 0.15) is 6.04 Å². The molecule has 4 N–H and O–H groups in total. The minimum absolute atomic E-state index is 0.175. The average Bonchev–Trinajstić information content (AvgIpc) is 2.86. The average molecular weight is 285 g/mol. The number of hydrogen-bond donors (Lipinski definition) is 3. The molecular weight excluding hydrogens is 262 g/mol. The summed E-state index contributed by atoms with van der Waals surface area (Å²) in [6.07, 6.45) is 4.11. The van der Waals surface area contributed by atoms with Crippen LogP contribution in [0.5, 0.6) is 0 Å². The molecule has 0 radical (unpaired) electrons. The standard InChI is InChI=1S/C13H23N3O2S/c1-3-8-15-10(17)9(2)16-12(18)13(11(14)19)6-4-5-7-13/h9H,3-8H2,1-2H3,(H2,14,19)(H,15,17)(H,16,18). The van der Waals surface area contributed by atoms with Crippen molar-refractivity contribution >= 4 is 29.0 Å². The molecule has 0 aromatic heterocycles. The van der Waals surface area contributed by atoms with Crippen LogP contribution in [0.1, 0.15) is 46.0 Å². The second kappa shape index (κ2) is 6.84. The van der Waals surface area contributed by atoms with Crippen LogP contribution in [0, 0.1) is 5.41 Å². The Morgan fingerprint density at radius 3 is 2.42 bits per heavy atom. The lowest BCUT2D eigenvalue weighted by molar-refractivity contribution is -0.132. The number of nitrogens with one attached hydrogen (secondary N) is 2. The van der Waals surface area contributed by atoms with Crippen LogP contribution in [0.4, 0.5) is 0 Å². The molecule has 108 valence electrons. The lowest BCUT2D eigenvalue weighted by Crippen LogP contribution is -2.53. The molecule has 1 rings (SSSR count). The van der Waals surface area contributed by atoms with E-state index in [0.717, 1.165) is 19.3 Å². The van der Waals surface area contributed by atoms with Crippen LogP contribution in [0.2, 0.25) is 0 Å². The van der Waals surface area contributed by atoms with Crippen LogP contribution in [0.25, 0.3) is 0 Å². The summed E-state index contributed by atoms with van der Waals surface area (Å²) in [6, 6.07) is -0.564. The monoisotopic (exact) mass is 285 g/mol. The number of nitrogens with two attached hydrogens (primary N) is 1. The van der Waals surface area contributed by atoms with E-state index in [0.29, 0.717) is 19.4 Å². The van der Waals surface area contributed by atoms with Gasteiger partial charge in [-0.25, -0.2) is 0 Å². The number of thiocarbonyl (C=S) groups is 1. The zero-order valence-corrected chi connectivity index (χ0v) is 12.4. The third-order valence-corrected chi connectivity index (χ3v) is 4.04. The molecule has 0 heterocycles. The van der Waals surface area contributed by atoms with E-state index in [2.05, 4.69) is 10.6 Å². The maximum absolute atomic E-state index is 12.3. The quantitative estimate of drug-likeness (QED) is 0.632. The van der Waals surface area contributed by atoms with Gasteiger partial charge in [-0.15, -0.1) is 0 Å². The minimum atomic E-state index is -0.755. The molecule has 1 fully saturated rings. The number of carbonyl (C=O) groups excluding carboxylic acids is 2. The summed E-state index contributed by atoms with van der Waals surface area (Å²) in [4.78, 5) is 24.3. The third kappa shape index (κ3) is 3.65. The van der Waals surface area contributed by atoms with Crippen LogP contribution in [0.15, 0.2) is 0 Å². The van der Waals surface area contributed by atoms with Crippen molar-refractivity contribution in [3.63, 3.8) is 0 Å². The highest BCUT2D eigenvalue weighted by atomic mass is 32.1. The Morgan fingerprint density at radius 1 is 1.37 bits per heavy atom. The summed E-state index contributed by atoms with van der Waals surface area (Å²) < 4.78 is 0. The molecule has 1 unspecified atom stereocenters. The predicted octanol–water partition coefficient (Wildman–Crippen LogP) is 0.864. The van der Waals surface area contributed by atoms with Crippen molar-refractivity contribution in [1.29, 1.82) is 0 Å². The van der Waals surface area contributed by atoms with Gasteiger partial charge in [-0.1, -0.05) is 32.0 Å². The van der Waals surface area contributed by atoms with Crippen LogP contribution in [0.3, 0.4) is 0 Å². The second-order valence-electron chi connectivity index (χ2n) is 5.14. The molecule has 0 saturated heterocycles. The van der Waals surface area contributed by atoms with Gasteiger partial charge in [-0.2, -0.15) is 0 Å². The normalized spacial score (nSPS) is 18.6. The fourth-order valence-corrected chi connectivity index (χ4v) is 2.66. The van der Waals surface area contributed by atoms with E-state index in [4.69, 9.17) is 18.0 Å². The van der Waals surface area contributed by atoms with E-state index < -0.39 is 11.5 Å². The zero-order valence-electron chi connectivity index (χ0n) is 11.6. The fourth-order valence-electron chi connectivity index (χ4n) is 2.37. The lowest BCUT2D eigenvalue weighted by atomic mass is 9.85. The van der Waals surface area contributed by atoms with E-state index in [1.807, 2.05) is 6.92 Å². The summed E-state index contributed by atoms with van der Waals surface area (Å²) in [7, 11) is 0. The molecule has 1 aliphatic rings. The Bertz CT molecular complexity index is 365. The van der Waals surface area contributed by atoms with E-state index in [-0.39, 0.29) is 16.8 Å². The Hall–Kier alpha value is -1.17. The molecular formula is C13H23N3O2S. The smallest absolute Gasteiger partial charge is 0.242 e. The summed E-state index contributed by atoms with van der Waals surface area (Å²) in [5.74, 6) is -0.386. The molecule has 5 nitrogen and oxygen atoms in total. The topological polar surface area (TPSA) is 84.2 Å². The molecule has 1 aliphatic carbocycles. The summed E-state index contributed by atoms with van der Waals surface area (Å²) in [5.41, 5.74) is 4.98. The Morgan fingerprint density at radius 2 is 1.95 bits per heavy atom. The Balaban J connectivity index is 2.62. The third-order valence-electron chi connectivity index (χ3n) is 3.65. The van der Waals surface area contributed by atoms with Crippen LogP contribution in [-0.2, 0) is 9.59 Å². The molecule has 19 heavy (non-hydrogen) atoms. The van der Waals surface area contributed by atoms with Gasteiger partial charge in [0.05, 0.1) is 10.4 Å². The number of rotatable bonds is 6. The first-order valence-electron chi connectivity index (χ1n) is 6.82. The predicted molar refractivity (Wildman–Crippen MR) is 78.6 cm³/mol. The molecule has 0 aromatic carbocycles. The van der Waals surface area contributed by atoms with Crippen molar-refractivity contribution < 1.29 is 9.59 Å². The van der Waals surface area contributed by atoms with Crippen LogP contribution >= 0.6 is 12.2 Å². The van der Waals surface area contributed by atoms with Gasteiger partial charge in [0.15, 0.2) is 0 Å². The SMILES string of the molecule is CCCNC(=O)C(C)NC(=O)C1(C(N)=S)CCCC1. The summed E-state index contributed by atoms with van der Waals surface area (Å²) >= 11 is 5.05. The van der Waals surface area contributed by atoms with Gasteiger partial charge < -0.3 is 16.4 Å². The number of carbonyl (C=O) groups is 2. The van der Waals surface area contributed by atoms with Crippen molar-refractivity contribution in [2.24, 2.45) is 11.1 Å². The zero-order chi connectivity index (χ0) is 14.5. The van der Waals surface area contributed by atoms with Crippen molar-refractivity contribution in [1.82, 2.24) is 10.6 Å². The molecule has 1 atom stereocenters. The highest BCUT2D eigenvalue weighted by molar-refractivity contribution is 7.80. The first kappa shape index (κ1) is 15.9. The number of hydrogen-bond acceptors (Lipinski definition) is 3. The van der Waals surface area contributed by atoms with Crippen LogP contribution < -0.4 is 16.4 Å². The summed E-state index contributed by atoms with van der Waals surface area (Å²) in [5, 5.41) is 5.49. The minimum Gasteiger partial charge on any atom is -0.392 e. The van der Waals surface area contributed by atoms with Crippen molar-refractivity contribution in [3.05, 3.63) is 0 Å². The number of amides is 2. The van der Waals surface area contributed by atoms with Gasteiger partial charge in [0.2, 0.25) is 11.8 Å². The first-order chi connectivity index (χ1) is 8.94. The van der Waals surface area contributed by atoms with Gasteiger partial charge in [0, 0.05) is 6.54 Å². The molecule has 0 spiro atoms. The van der Waals surface area contributed by atoms with Gasteiger partial charge in [0.25, 0.3) is 0 Å². The largest absolute Gasteiger partial charge is 0.392 e. The molecule has 0 aliphatic heterocycles. The van der Waals surface area contributed by atoms with E-state index in [9.17, 15) is 9.59 Å². The van der Waals surface area contributed by atoms with E-state index in [1.54, 1.807) is 6.92 Å². The van der Waals surface area contributed by atoms with E-state index in [1.165, 1.54) is 0 Å². The first-order valence-corrected chi connectivity index (χ1v) is 7.23. The maximum Gasteiger partial charge on any atom is 0.242 e. The Kier molecular flexibility index (Phi) is 5.72. The highest BCUT2D eigenvalue weighted by Crippen LogP contribution is 2.38. The second-order valence-corrected chi connectivity index (χ2v) is 5.58. The molecule has 6 heteroatoms. The maximum atomic E-state index is 12.3. The highest BCUT2D eigenvalue weighted by Gasteiger charge is 2.44. The Labute approximate surface area is 119 Å². The van der Waals surface area contributed by atoms with Crippen LogP contribution in [-0.4, -0.2) is 29.4 Å². The van der Waals surface area contributed by atoms with Gasteiger partial charge in [-0.05, 0) is 26.2 Å². The van der Waals surface area contributed by atoms with Crippen molar-refractivity contribution in [2.45, 2.75) is 52.0 Å². The van der Waals surface area contributed by atoms with Crippen molar-refractivity contribution in [2.75, 3.05) is 6.54 Å². The molecule has 0 aromatic rings.